The normalized spacial score (nSPS) is 13.2. The molecule has 6 heteroatoms. The summed E-state index contributed by atoms with van der Waals surface area (Å²) in [6.45, 7) is 8.82. The first-order chi connectivity index (χ1) is 18.3. The van der Waals surface area contributed by atoms with Crippen LogP contribution in [-0.2, 0) is 9.59 Å². The molecule has 0 aromatic heterocycles. The molecule has 0 saturated carbocycles. The van der Waals surface area contributed by atoms with Crippen molar-refractivity contribution < 1.29 is 24.9 Å². The van der Waals surface area contributed by atoms with Crippen molar-refractivity contribution in [2.75, 3.05) is 0 Å². The van der Waals surface area contributed by atoms with Crippen LogP contribution >= 0.6 is 0 Å². The second kappa shape index (κ2) is 29.7. The Morgan fingerprint density at radius 1 is 0.605 bits per heavy atom. The SMILES string of the molecule is CCCCCCCCC(C(=O)[O-])C(O)(CCCCCCCC)C(=O)[O-].CCCCC[CH2][Sn+2][CH2]CCCCC. The van der Waals surface area contributed by atoms with E-state index in [1.54, 1.807) is 21.7 Å². The molecule has 0 aliphatic heterocycles. The maximum atomic E-state index is 11.5. The molecule has 0 spiro atoms. The summed E-state index contributed by atoms with van der Waals surface area (Å²) in [5.74, 6) is -4.59. The molecule has 0 aromatic rings. The number of aliphatic carboxylic acids is 2. The van der Waals surface area contributed by atoms with Crippen molar-refractivity contribution in [3.05, 3.63) is 0 Å². The van der Waals surface area contributed by atoms with Crippen LogP contribution in [0.5, 0.6) is 0 Å². The first-order valence-corrected chi connectivity index (χ1v) is 20.2. The number of rotatable bonds is 27. The van der Waals surface area contributed by atoms with Crippen molar-refractivity contribution in [3.63, 3.8) is 0 Å². The molecule has 0 saturated heterocycles. The van der Waals surface area contributed by atoms with E-state index in [-0.39, 0.29) is 34.0 Å². The minimum atomic E-state index is -2.33. The zero-order chi connectivity index (χ0) is 28.9. The van der Waals surface area contributed by atoms with Gasteiger partial charge in [0.2, 0.25) is 0 Å². The number of hydrogen-bond donors (Lipinski definition) is 1. The first-order valence-electron chi connectivity index (χ1n) is 16.2. The number of hydrogen-bond acceptors (Lipinski definition) is 5. The summed E-state index contributed by atoms with van der Waals surface area (Å²) in [6, 6.07) is 0. The van der Waals surface area contributed by atoms with Gasteiger partial charge in [-0.15, -0.1) is 0 Å². The fourth-order valence-corrected chi connectivity index (χ4v) is 8.32. The van der Waals surface area contributed by atoms with Crippen molar-refractivity contribution in [3.8, 4) is 0 Å². The van der Waals surface area contributed by atoms with Crippen LogP contribution in [0.25, 0.3) is 0 Å². The van der Waals surface area contributed by atoms with E-state index in [9.17, 15) is 24.9 Å². The summed E-state index contributed by atoms with van der Waals surface area (Å²) in [5.41, 5.74) is -2.33. The molecule has 0 rings (SSSR count). The van der Waals surface area contributed by atoms with Crippen LogP contribution in [-0.4, -0.2) is 43.8 Å². The van der Waals surface area contributed by atoms with E-state index in [0.717, 1.165) is 64.2 Å². The zero-order valence-electron chi connectivity index (χ0n) is 25.6. The Morgan fingerprint density at radius 3 is 1.37 bits per heavy atom. The molecule has 1 N–H and O–H groups in total. The topological polar surface area (TPSA) is 100 Å². The van der Waals surface area contributed by atoms with Crippen LogP contribution < -0.4 is 10.2 Å². The molecule has 0 radical (unpaired) electrons. The molecule has 224 valence electrons. The van der Waals surface area contributed by atoms with E-state index in [4.69, 9.17) is 0 Å². The summed E-state index contributed by atoms with van der Waals surface area (Å²) in [7, 11) is 0. The van der Waals surface area contributed by atoms with Gasteiger partial charge in [0.1, 0.15) is 5.60 Å². The van der Waals surface area contributed by atoms with Crippen molar-refractivity contribution in [2.45, 2.75) is 183 Å². The Labute approximate surface area is 246 Å². The predicted molar refractivity (Wildman–Crippen MR) is 158 cm³/mol. The summed E-state index contributed by atoms with van der Waals surface area (Å²) >= 11 is 0.104. The molecule has 2 unspecified atom stereocenters. The average Bonchev–Trinajstić information content (AvgIpc) is 2.89. The number of carbonyl (C=O) groups excluding carboxylic acids is 2. The number of aliphatic hydroxyl groups is 1. The Kier molecular flexibility index (Phi) is 31.1. The first kappa shape index (κ1) is 39.8. The van der Waals surface area contributed by atoms with Crippen molar-refractivity contribution in [1.29, 1.82) is 0 Å². The van der Waals surface area contributed by atoms with Crippen molar-refractivity contribution in [2.24, 2.45) is 5.92 Å². The van der Waals surface area contributed by atoms with Crippen LogP contribution in [0.15, 0.2) is 0 Å². The van der Waals surface area contributed by atoms with Crippen molar-refractivity contribution in [1.82, 2.24) is 0 Å². The Bertz CT molecular complexity index is 518. The van der Waals surface area contributed by atoms with Gasteiger partial charge in [0.25, 0.3) is 0 Å². The van der Waals surface area contributed by atoms with E-state index in [0.29, 0.717) is 12.8 Å². The quantitative estimate of drug-likeness (QED) is 0.0765. The maximum absolute atomic E-state index is 11.5. The van der Waals surface area contributed by atoms with Gasteiger partial charge in [-0.2, -0.15) is 0 Å². The average molecular weight is 646 g/mol. The van der Waals surface area contributed by atoms with E-state index in [1.807, 2.05) is 0 Å². The second-order valence-electron chi connectivity index (χ2n) is 11.0. The predicted octanol–water partition coefficient (Wildman–Crippen LogP) is 7.02. The fraction of sp³-hybridized carbons (Fsp3) is 0.938. The van der Waals surface area contributed by atoms with Gasteiger partial charge in [-0.1, -0.05) is 90.9 Å². The molecule has 5 nitrogen and oxygen atoms in total. The van der Waals surface area contributed by atoms with Gasteiger partial charge in [-0.25, -0.2) is 0 Å². The van der Waals surface area contributed by atoms with E-state index >= 15 is 0 Å². The van der Waals surface area contributed by atoms with E-state index < -0.39 is 23.5 Å². The molecule has 0 amide bonds. The monoisotopic (exact) mass is 646 g/mol. The van der Waals surface area contributed by atoms with Gasteiger partial charge in [-0.05, 0) is 12.8 Å². The van der Waals surface area contributed by atoms with E-state index in [2.05, 4.69) is 27.7 Å². The van der Waals surface area contributed by atoms with Gasteiger partial charge < -0.3 is 24.9 Å². The minimum absolute atomic E-state index is 0.0874. The standard InChI is InChI=1S/C20H38O5.2C6H13.Sn/c1-3-5-7-9-11-13-15-17(18(21)22)20(25,19(23)24)16-14-12-10-8-6-4-2;2*1-3-5-6-4-2;/h17,25H,3-16H2,1-2H3,(H,21,22)(H,23,24);2*1,3-6H2,2H3;/q;;;+2/p-2. The number of carboxylic acids is 2. The van der Waals surface area contributed by atoms with Gasteiger partial charge >= 0.3 is 95.2 Å². The van der Waals surface area contributed by atoms with Crippen LogP contribution in [0, 0.1) is 5.92 Å². The molecule has 0 bridgehead atoms. The van der Waals surface area contributed by atoms with Gasteiger partial charge in [0, 0.05) is 11.9 Å². The van der Waals surface area contributed by atoms with E-state index in [1.165, 1.54) is 38.5 Å². The zero-order valence-corrected chi connectivity index (χ0v) is 28.5. The number of carboxylic acid groups (broad SMARTS) is 2. The van der Waals surface area contributed by atoms with Crippen LogP contribution in [0.4, 0.5) is 0 Å². The Hall–Kier alpha value is -0.301. The van der Waals surface area contributed by atoms with Crippen LogP contribution in [0.2, 0.25) is 8.87 Å². The Balaban J connectivity index is 0. The summed E-state index contributed by atoms with van der Waals surface area (Å²) in [6.07, 6.45) is 23.2. The Morgan fingerprint density at radius 2 is 0.974 bits per heavy atom. The molecule has 0 aliphatic carbocycles. The fourth-order valence-electron chi connectivity index (χ4n) is 4.75. The summed E-state index contributed by atoms with van der Waals surface area (Å²) in [4.78, 5) is 22.9. The number of unbranched alkanes of at least 4 members (excludes halogenated alkanes) is 16. The summed E-state index contributed by atoms with van der Waals surface area (Å²) < 4.78 is 3.30. The van der Waals surface area contributed by atoms with Gasteiger partial charge in [0.05, 0.1) is 5.97 Å². The molecule has 38 heavy (non-hydrogen) atoms. The molecule has 0 heterocycles. The number of carbonyl (C=O) groups is 2. The van der Waals surface area contributed by atoms with Crippen molar-refractivity contribution >= 4 is 33.1 Å². The van der Waals surface area contributed by atoms with Crippen LogP contribution in [0.1, 0.15) is 169 Å². The molecular formula is C32H62O5Sn. The van der Waals surface area contributed by atoms with Gasteiger partial charge in [-0.3, -0.25) is 0 Å². The molecular weight excluding hydrogens is 583 g/mol. The molecule has 0 aliphatic rings. The third kappa shape index (κ3) is 23.6. The third-order valence-electron chi connectivity index (χ3n) is 7.39. The molecule has 0 fully saturated rings. The van der Waals surface area contributed by atoms with Crippen LogP contribution in [0.3, 0.4) is 0 Å². The second-order valence-corrected chi connectivity index (χ2v) is 15.3. The molecule has 2 atom stereocenters. The van der Waals surface area contributed by atoms with Gasteiger partial charge in [0.15, 0.2) is 0 Å². The third-order valence-corrected chi connectivity index (χ3v) is 11.4. The summed E-state index contributed by atoms with van der Waals surface area (Å²) in [5, 5.41) is 33.4. The molecule has 0 aromatic carbocycles.